The molecule has 2 nitrogen and oxygen atoms in total. The average Bonchev–Trinajstić information content (AvgIpc) is 2.48. The van der Waals surface area contributed by atoms with E-state index in [-0.39, 0.29) is 0 Å². The molecule has 2 aliphatic carbocycles. The zero-order valence-electron chi connectivity index (χ0n) is 12.7. The molecule has 3 aliphatic rings. The number of nitrogens with zero attached hydrogens (tertiary/aromatic N) is 1. The van der Waals surface area contributed by atoms with E-state index in [0.717, 1.165) is 36.8 Å². The number of hydrogen-bond acceptors (Lipinski definition) is 2. The maximum Gasteiger partial charge on any atom is 0.0558 e. The molecule has 1 aliphatic heterocycles. The van der Waals surface area contributed by atoms with Crippen molar-refractivity contribution >= 4 is 0 Å². The zero-order valence-corrected chi connectivity index (χ0v) is 12.7. The molecular weight excluding hydrogens is 234 g/mol. The molecule has 0 aromatic rings. The van der Waals surface area contributed by atoms with Crippen molar-refractivity contribution in [2.75, 3.05) is 26.2 Å². The van der Waals surface area contributed by atoms with Crippen molar-refractivity contribution in [2.24, 2.45) is 35.0 Å². The van der Waals surface area contributed by atoms with Crippen LogP contribution in [0.4, 0.5) is 0 Å². The molecule has 2 saturated carbocycles. The highest BCUT2D eigenvalue weighted by Gasteiger charge is 2.60. The molecule has 1 saturated heterocycles. The smallest absolute Gasteiger partial charge is 0.0558 e. The van der Waals surface area contributed by atoms with Crippen LogP contribution in [0.2, 0.25) is 0 Å². The number of likely N-dealkylation sites (tertiary alicyclic amines) is 1. The summed E-state index contributed by atoms with van der Waals surface area (Å²) in [4.78, 5) is 2.48. The van der Waals surface area contributed by atoms with Crippen molar-refractivity contribution in [2.45, 2.75) is 33.6 Å². The molecule has 0 aromatic carbocycles. The lowest BCUT2D eigenvalue weighted by Gasteiger charge is -2.49. The third kappa shape index (κ3) is 1.83. The summed E-state index contributed by atoms with van der Waals surface area (Å²) in [6, 6.07) is 0. The third-order valence-electron chi connectivity index (χ3n) is 6.60. The Hall–Kier alpha value is -0.340. The number of aliphatic hydroxyl groups excluding tert-OH is 1. The Morgan fingerprint density at radius 3 is 2.79 bits per heavy atom. The number of hydrogen-bond donors (Lipinski definition) is 1. The van der Waals surface area contributed by atoms with Gasteiger partial charge in [0.25, 0.3) is 0 Å². The average molecular weight is 263 g/mol. The first-order valence-electron chi connectivity index (χ1n) is 8.01. The predicted molar refractivity (Wildman–Crippen MR) is 78.8 cm³/mol. The summed E-state index contributed by atoms with van der Waals surface area (Å²) in [7, 11) is 0. The van der Waals surface area contributed by atoms with Crippen LogP contribution < -0.4 is 0 Å². The van der Waals surface area contributed by atoms with Gasteiger partial charge in [0.15, 0.2) is 0 Å². The molecule has 2 heteroatoms. The van der Waals surface area contributed by atoms with Crippen LogP contribution in [0.3, 0.4) is 0 Å². The van der Waals surface area contributed by atoms with E-state index in [2.05, 4.69) is 32.3 Å². The molecule has 19 heavy (non-hydrogen) atoms. The van der Waals surface area contributed by atoms with Gasteiger partial charge >= 0.3 is 0 Å². The summed E-state index contributed by atoms with van der Waals surface area (Å²) in [5, 5.41) is 9.22. The van der Waals surface area contributed by atoms with Crippen molar-refractivity contribution in [3.63, 3.8) is 0 Å². The Kier molecular flexibility index (Phi) is 3.30. The minimum Gasteiger partial charge on any atom is -0.395 e. The molecule has 0 aromatic heterocycles. The van der Waals surface area contributed by atoms with E-state index < -0.39 is 0 Å². The van der Waals surface area contributed by atoms with Crippen LogP contribution in [0.1, 0.15) is 33.6 Å². The highest BCUT2D eigenvalue weighted by Crippen LogP contribution is 2.65. The van der Waals surface area contributed by atoms with Gasteiger partial charge in [0.1, 0.15) is 0 Å². The summed E-state index contributed by atoms with van der Waals surface area (Å²) >= 11 is 0. The van der Waals surface area contributed by atoms with E-state index in [0.29, 0.717) is 17.9 Å². The van der Waals surface area contributed by atoms with E-state index >= 15 is 0 Å². The highest BCUT2D eigenvalue weighted by molar-refractivity contribution is 5.29. The monoisotopic (exact) mass is 263 g/mol. The summed E-state index contributed by atoms with van der Waals surface area (Å²) in [5.74, 6) is 4.02. The summed E-state index contributed by atoms with van der Waals surface area (Å²) < 4.78 is 0. The van der Waals surface area contributed by atoms with Crippen LogP contribution >= 0.6 is 0 Å². The normalized spacial score (nSPS) is 46.1. The lowest BCUT2D eigenvalue weighted by atomic mass is 9.60. The maximum atomic E-state index is 9.22. The highest BCUT2D eigenvalue weighted by atomic mass is 16.3. The molecule has 0 radical (unpaired) electrons. The third-order valence-corrected chi connectivity index (χ3v) is 6.60. The van der Waals surface area contributed by atoms with Gasteiger partial charge in [-0.25, -0.2) is 0 Å². The van der Waals surface area contributed by atoms with Gasteiger partial charge in [0, 0.05) is 19.6 Å². The van der Waals surface area contributed by atoms with Crippen molar-refractivity contribution < 1.29 is 5.11 Å². The first kappa shape index (κ1) is 13.6. The Labute approximate surface area is 117 Å². The molecule has 3 rings (SSSR count). The number of aliphatic hydroxyl groups is 1. The van der Waals surface area contributed by atoms with Crippen molar-refractivity contribution in [3.05, 3.63) is 12.2 Å². The quantitative estimate of drug-likeness (QED) is 0.792. The summed E-state index contributed by atoms with van der Waals surface area (Å²) in [6.45, 7) is 15.2. The van der Waals surface area contributed by atoms with Crippen LogP contribution in [0.15, 0.2) is 12.2 Å². The second-order valence-electron chi connectivity index (χ2n) is 7.66. The van der Waals surface area contributed by atoms with Crippen LogP contribution in [-0.2, 0) is 0 Å². The Bertz CT molecular complexity index is 377. The van der Waals surface area contributed by atoms with Gasteiger partial charge in [-0.05, 0) is 47.8 Å². The van der Waals surface area contributed by atoms with Crippen LogP contribution in [-0.4, -0.2) is 36.2 Å². The van der Waals surface area contributed by atoms with Crippen LogP contribution in [0, 0.1) is 35.0 Å². The molecule has 0 unspecified atom stereocenters. The van der Waals surface area contributed by atoms with Gasteiger partial charge in [-0.2, -0.15) is 0 Å². The molecule has 1 heterocycles. The molecule has 3 fully saturated rings. The molecule has 4 bridgehead atoms. The SMILES string of the molecule is C=C1[C@@H]2CN(CCO)C[C@H]3[C@@H]2[C@@H](C(C)C)CC[C@@]13C. The summed E-state index contributed by atoms with van der Waals surface area (Å²) in [5.41, 5.74) is 1.91. The Morgan fingerprint density at radius 1 is 1.42 bits per heavy atom. The van der Waals surface area contributed by atoms with Gasteiger partial charge in [0.05, 0.1) is 6.61 Å². The standard InChI is InChI=1S/C17H29NO/c1-11(2)13-5-6-17(4)12(3)14-9-18(7-8-19)10-15(17)16(13)14/h11,13-16,19H,3,5-10H2,1-2,4H3/t13-,14+,15+,16-,17+/m1/s1. The number of rotatable bonds is 3. The van der Waals surface area contributed by atoms with Crippen molar-refractivity contribution in [1.29, 1.82) is 0 Å². The largest absolute Gasteiger partial charge is 0.395 e. The number of piperidine rings is 1. The van der Waals surface area contributed by atoms with Crippen LogP contribution in [0.25, 0.3) is 0 Å². The lowest BCUT2D eigenvalue weighted by molar-refractivity contribution is -0.0113. The molecule has 5 atom stereocenters. The lowest BCUT2D eigenvalue weighted by Crippen LogP contribution is -2.50. The van der Waals surface area contributed by atoms with Gasteiger partial charge < -0.3 is 10.0 Å². The second kappa shape index (κ2) is 4.60. The first-order valence-corrected chi connectivity index (χ1v) is 8.01. The minimum absolute atomic E-state index is 0.293. The van der Waals surface area contributed by atoms with E-state index in [9.17, 15) is 5.11 Å². The van der Waals surface area contributed by atoms with Gasteiger partial charge in [-0.15, -0.1) is 0 Å². The van der Waals surface area contributed by atoms with E-state index in [1.165, 1.54) is 25.0 Å². The fourth-order valence-electron chi connectivity index (χ4n) is 5.49. The minimum atomic E-state index is 0.293. The van der Waals surface area contributed by atoms with E-state index in [4.69, 9.17) is 0 Å². The fraction of sp³-hybridized carbons (Fsp3) is 0.882. The fourth-order valence-corrected chi connectivity index (χ4v) is 5.49. The number of β-amino-alcohol motifs (C(OH)–C–C–N with tert-alkyl or cyclic N) is 1. The molecule has 0 spiro atoms. The Balaban J connectivity index is 1.91. The molecule has 108 valence electrons. The first-order chi connectivity index (χ1) is 8.99. The van der Waals surface area contributed by atoms with Crippen molar-refractivity contribution in [3.8, 4) is 0 Å². The van der Waals surface area contributed by atoms with Gasteiger partial charge in [-0.3, -0.25) is 0 Å². The topological polar surface area (TPSA) is 23.5 Å². The summed E-state index contributed by atoms with van der Waals surface area (Å²) in [6.07, 6.45) is 2.73. The second-order valence-corrected chi connectivity index (χ2v) is 7.66. The van der Waals surface area contributed by atoms with E-state index in [1.54, 1.807) is 0 Å². The van der Waals surface area contributed by atoms with Gasteiger partial charge in [0.2, 0.25) is 0 Å². The maximum absolute atomic E-state index is 9.22. The van der Waals surface area contributed by atoms with Crippen molar-refractivity contribution in [1.82, 2.24) is 4.90 Å². The van der Waals surface area contributed by atoms with Gasteiger partial charge in [-0.1, -0.05) is 32.9 Å². The molecule has 1 N–H and O–H groups in total. The zero-order chi connectivity index (χ0) is 13.8. The molecule has 0 amide bonds. The predicted octanol–water partition coefficient (Wildman–Crippen LogP) is 2.79. The Morgan fingerprint density at radius 2 is 2.16 bits per heavy atom. The molecular formula is C17H29NO. The van der Waals surface area contributed by atoms with E-state index in [1.807, 2.05) is 0 Å². The van der Waals surface area contributed by atoms with Crippen LogP contribution in [0.5, 0.6) is 0 Å².